The quantitative estimate of drug-likeness (QED) is 0.257. The Hall–Kier alpha value is -3.34. The van der Waals surface area contributed by atoms with Crippen molar-refractivity contribution in [3.8, 4) is 5.75 Å². The molecule has 15 heteroatoms. The molecule has 1 heterocycles. The highest BCUT2D eigenvalue weighted by Gasteiger charge is 2.91. The lowest BCUT2D eigenvalue weighted by Crippen LogP contribution is -2.68. The van der Waals surface area contributed by atoms with Gasteiger partial charge in [0.2, 0.25) is 0 Å². The Balaban J connectivity index is 1.44. The summed E-state index contributed by atoms with van der Waals surface area (Å²) in [5.41, 5.74) is -5.26. The molecular weight excluding hydrogens is 684 g/mol. The summed E-state index contributed by atoms with van der Waals surface area (Å²) in [7, 11) is 7.56. The summed E-state index contributed by atoms with van der Waals surface area (Å²) >= 11 is 0. The fourth-order valence-corrected chi connectivity index (χ4v) is 12.2. The summed E-state index contributed by atoms with van der Waals surface area (Å²) in [6.07, 6.45) is -5.53. The van der Waals surface area contributed by atoms with Gasteiger partial charge < -0.3 is 52.5 Å². The molecule has 1 saturated heterocycles. The minimum Gasteiger partial charge on any atom is -0.497 e. The molecule has 1 aromatic rings. The van der Waals surface area contributed by atoms with Crippen LogP contribution >= 0.6 is 0 Å². The third-order valence-corrected chi connectivity index (χ3v) is 13.2. The van der Waals surface area contributed by atoms with E-state index in [1.54, 1.807) is 31.4 Å². The Bertz CT molecular complexity index is 1600. The number of rotatable bonds is 11. The van der Waals surface area contributed by atoms with E-state index in [9.17, 15) is 24.3 Å². The van der Waals surface area contributed by atoms with Gasteiger partial charge in [-0.3, -0.25) is 14.4 Å². The average molecular weight is 733 g/mol. The second-order valence-electron chi connectivity index (χ2n) is 15.1. The standard InChI is InChI=1S/C37H48O15/c1-17(38)48-23-13-24(45-6)37-26-22-14-35(50-18(2)39)25(46-7)15-36(51-19(3)40,27(22)31(35)49-32(41)20-9-11-21(44-5)12-10-20)28(26)29(47-8)30(37)34(23,16-43-4)33(42)52-37/h9-12,22-31,33,42H,13-16H2,1-8H3/t22-,23+,24-,25-,26+,27+,28-,29-,30+,31+,33-,34+,35-,36+,37?/m0/s1. The van der Waals surface area contributed by atoms with Crippen molar-refractivity contribution in [3.63, 3.8) is 0 Å². The number of esters is 4. The van der Waals surface area contributed by atoms with Crippen LogP contribution in [-0.4, -0.2) is 125 Å². The van der Waals surface area contributed by atoms with E-state index in [-0.39, 0.29) is 31.4 Å². The third-order valence-electron chi connectivity index (χ3n) is 13.2. The molecule has 0 radical (unpaired) electrons. The Morgan fingerprint density at radius 3 is 1.98 bits per heavy atom. The molecule has 1 aliphatic heterocycles. The summed E-state index contributed by atoms with van der Waals surface area (Å²) < 4.78 is 61.8. The predicted molar refractivity (Wildman–Crippen MR) is 175 cm³/mol. The molecule has 6 fully saturated rings. The maximum atomic E-state index is 14.0. The summed E-state index contributed by atoms with van der Waals surface area (Å²) in [6.45, 7) is 3.85. The van der Waals surface area contributed by atoms with E-state index < -0.39 is 112 Å². The maximum absolute atomic E-state index is 14.0. The van der Waals surface area contributed by atoms with Crippen LogP contribution in [0.3, 0.4) is 0 Å². The van der Waals surface area contributed by atoms with Crippen LogP contribution in [0.1, 0.15) is 50.4 Å². The normalized spacial score (nSPS) is 44.8. The van der Waals surface area contributed by atoms with Gasteiger partial charge >= 0.3 is 23.9 Å². The van der Waals surface area contributed by atoms with Crippen LogP contribution in [0.2, 0.25) is 0 Å². The predicted octanol–water partition coefficient (Wildman–Crippen LogP) is 1.84. The summed E-state index contributed by atoms with van der Waals surface area (Å²) in [5.74, 6) is -5.00. The lowest BCUT2D eigenvalue weighted by Gasteiger charge is -2.54. The van der Waals surface area contributed by atoms with Crippen LogP contribution in [0.15, 0.2) is 24.3 Å². The van der Waals surface area contributed by atoms with Crippen molar-refractivity contribution in [3.05, 3.63) is 29.8 Å². The van der Waals surface area contributed by atoms with Crippen molar-refractivity contribution in [2.75, 3.05) is 42.2 Å². The molecule has 1 N–H and O–H groups in total. The molecule has 15 nitrogen and oxygen atoms in total. The number of aliphatic hydroxyl groups is 1. The molecule has 0 spiro atoms. The molecule has 1 unspecified atom stereocenters. The van der Waals surface area contributed by atoms with Crippen LogP contribution in [-0.2, 0) is 57.0 Å². The lowest BCUT2D eigenvalue weighted by atomic mass is 9.57. The largest absolute Gasteiger partial charge is 0.497 e. The van der Waals surface area contributed by atoms with Crippen molar-refractivity contribution >= 4 is 23.9 Å². The molecule has 0 aromatic heterocycles. The van der Waals surface area contributed by atoms with E-state index in [0.717, 1.165) is 0 Å². The first-order valence-electron chi connectivity index (χ1n) is 17.6. The van der Waals surface area contributed by atoms with Crippen LogP contribution in [0.4, 0.5) is 0 Å². The smallest absolute Gasteiger partial charge is 0.338 e. The number of benzene rings is 1. The summed E-state index contributed by atoms with van der Waals surface area (Å²) in [6, 6.07) is 6.41. The van der Waals surface area contributed by atoms with Gasteiger partial charge in [0.25, 0.3) is 0 Å². The van der Waals surface area contributed by atoms with Gasteiger partial charge in [-0.15, -0.1) is 0 Å². The van der Waals surface area contributed by atoms with E-state index in [0.29, 0.717) is 5.75 Å². The van der Waals surface area contributed by atoms with Gasteiger partial charge in [0.05, 0.1) is 36.9 Å². The van der Waals surface area contributed by atoms with Gasteiger partial charge in [-0.2, -0.15) is 0 Å². The van der Waals surface area contributed by atoms with Crippen molar-refractivity contribution in [1.29, 1.82) is 0 Å². The zero-order valence-electron chi connectivity index (χ0n) is 30.7. The Morgan fingerprint density at radius 2 is 1.42 bits per heavy atom. The van der Waals surface area contributed by atoms with Crippen molar-refractivity contribution in [1.82, 2.24) is 0 Å². The van der Waals surface area contributed by atoms with Crippen LogP contribution < -0.4 is 4.74 Å². The topological polar surface area (TPSA) is 181 Å². The molecule has 5 saturated carbocycles. The zero-order valence-corrected chi connectivity index (χ0v) is 30.7. The molecular formula is C37H48O15. The molecule has 15 atom stereocenters. The number of ether oxygens (including phenoxy) is 10. The van der Waals surface area contributed by atoms with Gasteiger partial charge in [0.15, 0.2) is 18.0 Å². The first-order valence-corrected chi connectivity index (χ1v) is 17.6. The SMILES string of the molecule is COC[C@]12[C@@H](O)OC3([C@@H]4[C@@H]5C[C@]6(OC(C)=O)[C@@H](OC)C[C@](OC(C)=O)([C@@H]4[C@H](OC)[C@@H]31)[C@H]5[C@H]6OC(=O)c1ccc(OC)cc1)[C@@H](OC)C[C@H]2OC(C)=O. The second kappa shape index (κ2) is 12.9. The molecule has 1 aromatic carbocycles. The van der Waals surface area contributed by atoms with Gasteiger partial charge in [-0.1, -0.05) is 0 Å². The van der Waals surface area contributed by atoms with E-state index in [1.165, 1.54) is 49.2 Å². The van der Waals surface area contributed by atoms with Crippen LogP contribution in [0, 0.1) is 35.0 Å². The zero-order chi connectivity index (χ0) is 37.5. The first-order chi connectivity index (χ1) is 24.8. The van der Waals surface area contributed by atoms with Crippen molar-refractivity contribution in [2.45, 2.75) is 93.6 Å². The Kier molecular flexibility index (Phi) is 9.18. The van der Waals surface area contributed by atoms with E-state index >= 15 is 0 Å². The maximum Gasteiger partial charge on any atom is 0.338 e. The molecule has 0 amide bonds. The van der Waals surface area contributed by atoms with E-state index in [1.807, 2.05) is 0 Å². The number of methoxy groups -OCH3 is 5. The number of carbonyl (C=O) groups is 4. The minimum absolute atomic E-state index is 0.0525. The Labute approximate surface area is 301 Å². The number of hydrogen-bond acceptors (Lipinski definition) is 15. The van der Waals surface area contributed by atoms with Crippen LogP contribution in [0.25, 0.3) is 0 Å². The second-order valence-corrected chi connectivity index (χ2v) is 15.1. The Morgan fingerprint density at radius 1 is 0.769 bits per heavy atom. The van der Waals surface area contributed by atoms with E-state index in [2.05, 4.69) is 0 Å². The fraction of sp³-hybridized carbons (Fsp3) is 0.730. The molecule has 4 bridgehead atoms. The highest BCUT2D eigenvalue weighted by molar-refractivity contribution is 5.89. The van der Waals surface area contributed by atoms with Gasteiger partial charge in [-0.25, -0.2) is 4.79 Å². The molecule has 286 valence electrons. The van der Waals surface area contributed by atoms with Crippen molar-refractivity contribution in [2.24, 2.45) is 35.0 Å². The molecule has 6 aliphatic rings. The number of hydrogen-bond donors (Lipinski definition) is 1. The summed E-state index contributed by atoms with van der Waals surface area (Å²) in [4.78, 5) is 52.8. The molecule has 5 aliphatic carbocycles. The summed E-state index contributed by atoms with van der Waals surface area (Å²) in [5, 5.41) is 12.0. The van der Waals surface area contributed by atoms with Crippen LogP contribution in [0.5, 0.6) is 5.75 Å². The lowest BCUT2D eigenvalue weighted by molar-refractivity contribution is -0.258. The highest BCUT2D eigenvalue weighted by atomic mass is 16.7. The first kappa shape index (κ1) is 37.0. The monoisotopic (exact) mass is 732 g/mol. The van der Waals surface area contributed by atoms with E-state index in [4.69, 9.17) is 47.4 Å². The van der Waals surface area contributed by atoms with Crippen molar-refractivity contribution < 1.29 is 71.7 Å². The minimum atomic E-state index is -1.48. The highest BCUT2D eigenvalue weighted by Crippen LogP contribution is 2.79. The average Bonchev–Trinajstić information content (AvgIpc) is 3.69. The number of fused-ring (bicyclic) bond motifs is 4. The van der Waals surface area contributed by atoms with Gasteiger partial charge in [0.1, 0.15) is 29.2 Å². The van der Waals surface area contributed by atoms with Gasteiger partial charge in [-0.05, 0) is 36.6 Å². The van der Waals surface area contributed by atoms with Gasteiger partial charge in [0, 0.05) is 85.7 Å². The number of aliphatic hydroxyl groups excluding tert-OH is 1. The number of carbonyl (C=O) groups excluding carboxylic acids is 4. The fourth-order valence-electron chi connectivity index (χ4n) is 12.2. The molecule has 52 heavy (non-hydrogen) atoms. The molecule has 7 rings (SSSR count). The third kappa shape index (κ3) is 4.71.